The van der Waals surface area contributed by atoms with Crippen molar-refractivity contribution >= 4 is 5.97 Å². The summed E-state index contributed by atoms with van der Waals surface area (Å²) in [5.41, 5.74) is 1.57. The van der Waals surface area contributed by atoms with Gasteiger partial charge in [0.1, 0.15) is 5.76 Å². The first-order valence-electron chi connectivity index (χ1n) is 8.70. The van der Waals surface area contributed by atoms with Gasteiger partial charge in [-0.15, -0.1) is 0 Å². The van der Waals surface area contributed by atoms with Crippen molar-refractivity contribution in [3.63, 3.8) is 0 Å². The Morgan fingerprint density at radius 3 is 2.09 bits per heavy atom. The summed E-state index contributed by atoms with van der Waals surface area (Å²) in [7, 11) is 0. The minimum atomic E-state index is -0.748. The van der Waals surface area contributed by atoms with Crippen molar-refractivity contribution in [2.45, 2.75) is 80.6 Å². The summed E-state index contributed by atoms with van der Waals surface area (Å²) in [5.74, 6) is -0.325. The fourth-order valence-corrected chi connectivity index (χ4v) is 3.52. The molecule has 0 aromatic carbocycles. The number of aliphatic hydroxyl groups excluding tert-OH is 1. The molecule has 0 aliphatic heterocycles. The van der Waals surface area contributed by atoms with Gasteiger partial charge in [-0.1, -0.05) is 61.0 Å². The number of rotatable bonds is 5. The van der Waals surface area contributed by atoms with E-state index in [0.717, 1.165) is 30.4 Å². The third kappa shape index (κ3) is 4.86. The largest absolute Gasteiger partial charge is 0.508 e. The molecule has 0 spiro atoms. The Morgan fingerprint density at radius 1 is 1.13 bits per heavy atom. The Kier molecular flexibility index (Phi) is 5.77. The normalized spacial score (nSPS) is 23.0. The molecule has 0 fully saturated rings. The lowest BCUT2D eigenvalue weighted by molar-refractivity contribution is -0.137. The van der Waals surface area contributed by atoms with E-state index in [4.69, 9.17) is 5.11 Å². The summed E-state index contributed by atoms with van der Waals surface area (Å²) in [5, 5.41) is 20.0. The Hall–Kier alpha value is -1.25. The van der Waals surface area contributed by atoms with Gasteiger partial charge in [-0.05, 0) is 46.7 Å². The molecule has 1 rings (SSSR count). The van der Waals surface area contributed by atoms with Gasteiger partial charge in [0, 0.05) is 6.42 Å². The summed E-state index contributed by atoms with van der Waals surface area (Å²) in [6, 6.07) is 0. The highest BCUT2D eigenvalue weighted by Crippen LogP contribution is 2.51. The zero-order chi connectivity index (χ0) is 18.1. The van der Waals surface area contributed by atoms with E-state index in [1.807, 2.05) is 0 Å². The highest BCUT2D eigenvalue weighted by atomic mass is 16.4. The van der Waals surface area contributed by atoms with Crippen LogP contribution in [0.25, 0.3) is 0 Å². The van der Waals surface area contributed by atoms with E-state index in [9.17, 15) is 9.90 Å². The summed E-state index contributed by atoms with van der Waals surface area (Å²) in [6.45, 7) is 14.8. The van der Waals surface area contributed by atoms with Crippen molar-refractivity contribution < 1.29 is 15.0 Å². The lowest BCUT2D eigenvalue weighted by Gasteiger charge is -2.42. The smallest absolute Gasteiger partial charge is 0.303 e. The van der Waals surface area contributed by atoms with Crippen LogP contribution in [0.5, 0.6) is 0 Å². The van der Waals surface area contributed by atoms with Gasteiger partial charge in [-0.3, -0.25) is 4.79 Å². The number of allylic oxidation sites excluding steroid dienone is 3. The summed E-state index contributed by atoms with van der Waals surface area (Å²) in [6.07, 6.45) is 5.69. The van der Waals surface area contributed by atoms with Crippen LogP contribution in [0.4, 0.5) is 0 Å². The van der Waals surface area contributed by atoms with E-state index in [-0.39, 0.29) is 22.7 Å². The molecule has 1 aliphatic carbocycles. The second kappa shape index (κ2) is 6.70. The molecule has 0 radical (unpaired) electrons. The van der Waals surface area contributed by atoms with Gasteiger partial charge in [-0.2, -0.15) is 0 Å². The first-order chi connectivity index (χ1) is 10.3. The molecule has 1 atom stereocenters. The van der Waals surface area contributed by atoms with E-state index in [1.54, 1.807) is 0 Å². The zero-order valence-electron chi connectivity index (χ0n) is 15.9. The average molecular weight is 322 g/mol. The molecule has 3 heteroatoms. The molecule has 0 aromatic heterocycles. The standard InChI is InChI=1S/C20H34O3/c1-8-10-20(11-9-16(21)22)12-14(18(2,3)4)17(23)15(13-20)19(5,6)7/h12,23H,8-11,13H2,1-7H3,(H,21,22). The van der Waals surface area contributed by atoms with Crippen molar-refractivity contribution in [1.29, 1.82) is 0 Å². The second-order valence-electron chi connectivity index (χ2n) is 9.07. The van der Waals surface area contributed by atoms with Crippen LogP contribution in [0.15, 0.2) is 23.0 Å². The van der Waals surface area contributed by atoms with Crippen LogP contribution < -0.4 is 0 Å². The molecule has 0 saturated carbocycles. The number of carboxylic acids is 1. The topological polar surface area (TPSA) is 57.5 Å². The van der Waals surface area contributed by atoms with Crippen LogP contribution >= 0.6 is 0 Å². The van der Waals surface area contributed by atoms with Crippen molar-refractivity contribution in [1.82, 2.24) is 0 Å². The Morgan fingerprint density at radius 2 is 1.70 bits per heavy atom. The average Bonchev–Trinajstić information content (AvgIpc) is 2.36. The van der Waals surface area contributed by atoms with E-state index in [1.165, 1.54) is 0 Å². The molecule has 1 aliphatic rings. The number of carbonyl (C=O) groups is 1. The molecular weight excluding hydrogens is 288 g/mol. The molecule has 0 heterocycles. The van der Waals surface area contributed by atoms with Crippen LogP contribution in [0.3, 0.4) is 0 Å². The van der Waals surface area contributed by atoms with E-state index in [0.29, 0.717) is 12.2 Å². The minimum Gasteiger partial charge on any atom is -0.508 e. The number of hydrogen-bond acceptors (Lipinski definition) is 2. The molecule has 3 nitrogen and oxygen atoms in total. The fourth-order valence-electron chi connectivity index (χ4n) is 3.52. The number of carboxylic acid groups (broad SMARTS) is 1. The second-order valence-corrected chi connectivity index (χ2v) is 9.07. The van der Waals surface area contributed by atoms with Gasteiger partial charge < -0.3 is 10.2 Å². The predicted octanol–water partition coefficient (Wildman–Crippen LogP) is 5.87. The molecule has 23 heavy (non-hydrogen) atoms. The highest BCUT2D eigenvalue weighted by molar-refractivity contribution is 5.66. The molecule has 0 bridgehead atoms. The summed E-state index contributed by atoms with van der Waals surface area (Å²) >= 11 is 0. The number of aliphatic hydroxyl groups is 1. The van der Waals surface area contributed by atoms with E-state index in [2.05, 4.69) is 54.5 Å². The maximum atomic E-state index is 11.1. The highest BCUT2D eigenvalue weighted by Gasteiger charge is 2.40. The summed E-state index contributed by atoms with van der Waals surface area (Å²) in [4.78, 5) is 11.1. The van der Waals surface area contributed by atoms with Gasteiger partial charge in [0.15, 0.2) is 0 Å². The van der Waals surface area contributed by atoms with Gasteiger partial charge >= 0.3 is 5.97 Å². The maximum Gasteiger partial charge on any atom is 0.303 e. The third-order valence-electron chi connectivity index (χ3n) is 4.82. The third-order valence-corrected chi connectivity index (χ3v) is 4.82. The van der Waals surface area contributed by atoms with Crippen LogP contribution in [0.1, 0.15) is 80.6 Å². The van der Waals surface area contributed by atoms with Crippen molar-refractivity contribution in [3.05, 3.63) is 23.0 Å². The van der Waals surface area contributed by atoms with Crippen LogP contribution in [0, 0.1) is 16.2 Å². The van der Waals surface area contributed by atoms with Crippen LogP contribution in [-0.4, -0.2) is 16.2 Å². The van der Waals surface area contributed by atoms with Crippen molar-refractivity contribution in [2.75, 3.05) is 0 Å². The molecule has 132 valence electrons. The summed E-state index contributed by atoms with van der Waals surface area (Å²) < 4.78 is 0. The Balaban J connectivity index is 3.44. The maximum absolute atomic E-state index is 11.1. The van der Waals surface area contributed by atoms with Crippen molar-refractivity contribution in [2.24, 2.45) is 16.2 Å². The lowest BCUT2D eigenvalue weighted by atomic mass is 9.62. The first kappa shape index (κ1) is 19.8. The molecule has 0 amide bonds. The Bertz CT molecular complexity index is 512. The fraction of sp³-hybridized carbons (Fsp3) is 0.750. The van der Waals surface area contributed by atoms with E-state index < -0.39 is 5.97 Å². The molecule has 0 aromatic rings. The monoisotopic (exact) mass is 322 g/mol. The quantitative estimate of drug-likeness (QED) is 0.665. The van der Waals surface area contributed by atoms with Gasteiger partial charge in [0.05, 0.1) is 0 Å². The minimum absolute atomic E-state index is 0.128. The molecule has 0 saturated heterocycles. The van der Waals surface area contributed by atoms with Gasteiger partial charge in [-0.25, -0.2) is 0 Å². The SMILES string of the molecule is CCCC1(CCC(=O)O)C=C(C(C)(C)C)C(O)=C(C(C)(C)C)C1. The molecule has 2 N–H and O–H groups in total. The Labute approximate surface area is 141 Å². The van der Waals surface area contributed by atoms with Crippen LogP contribution in [-0.2, 0) is 4.79 Å². The van der Waals surface area contributed by atoms with Gasteiger partial charge in [0.2, 0.25) is 0 Å². The van der Waals surface area contributed by atoms with E-state index >= 15 is 0 Å². The van der Waals surface area contributed by atoms with Crippen LogP contribution in [0.2, 0.25) is 0 Å². The number of aliphatic carboxylic acids is 1. The number of hydrogen-bond donors (Lipinski definition) is 2. The molecule has 1 unspecified atom stereocenters. The molecular formula is C20H34O3. The van der Waals surface area contributed by atoms with Crippen molar-refractivity contribution in [3.8, 4) is 0 Å². The predicted molar refractivity (Wildman–Crippen MR) is 95.5 cm³/mol. The first-order valence-corrected chi connectivity index (χ1v) is 8.70. The van der Waals surface area contributed by atoms with Gasteiger partial charge in [0.25, 0.3) is 0 Å². The lowest BCUT2D eigenvalue weighted by Crippen LogP contribution is -2.31. The zero-order valence-corrected chi connectivity index (χ0v) is 15.9.